The van der Waals surface area contributed by atoms with Crippen LogP contribution in [0.1, 0.15) is 65.2 Å². The Morgan fingerprint density at radius 1 is 1.05 bits per heavy atom. The minimum absolute atomic E-state index is 0.643. The fraction of sp³-hybridized carbons (Fsp3) is 1.00. The minimum atomic E-state index is 0.643. The van der Waals surface area contributed by atoms with E-state index in [1.807, 2.05) is 0 Å². The number of hydrogen-bond donors (Lipinski definition) is 1. The van der Waals surface area contributed by atoms with Crippen LogP contribution in [0.2, 0.25) is 0 Å². The van der Waals surface area contributed by atoms with E-state index in [1.54, 1.807) is 0 Å². The first-order chi connectivity index (χ1) is 9.19. The molecule has 2 saturated carbocycles. The molecule has 19 heavy (non-hydrogen) atoms. The van der Waals surface area contributed by atoms with Gasteiger partial charge >= 0.3 is 0 Å². The lowest BCUT2D eigenvalue weighted by Gasteiger charge is -2.49. The quantitative estimate of drug-likeness (QED) is 0.837. The van der Waals surface area contributed by atoms with Crippen LogP contribution in [-0.2, 0) is 0 Å². The van der Waals surface area contributed by atoms with Gasteiger partial charge in [-0.1, -0.05) is 26.7 Å². The molecule has 1 heterocycles. The third kappa shape index (κ3) is 3.00. The van der Waals surface area contributed by atoms with E-state index in [4.69, 9.17) is 0 Å². The largest absolute Gasteiger partial charge is 0.314 e. The standard InChI is InChI=1S/C17H32N2/c1-14(2)18-13-15-5-6-16(15)19-11-9-17(10-12-19)7-3-4-8-17/h14-16,18H,3-13H2,1-2H3. The van der Waals surface area contributed by atoms with Gasteiger partial charge in [-0.15, -0.1) is 0 Å². The third-order valence-corrected chi connectivity index (χ3v) is 6.16. The molecule has 3 rings (SSSR count). The summed E-state index contributed by atoms with van der Waals surface area (Å²) in [5.41, 5.74) is 0.784. The molecule has 2 aliphatic carbocycles. The molecule has 0 aromatic heterocycles. The second-order valence-corrected chi connectivity index (χ2v) is 7.71. The smallest absolute Gasteiger partial charge is 0.0136 e. The Balaban J connectivity index is 1.46. The van der Waals surface area contributed by atoms with E-state index in [0.29, 0.717) is 6.04 Å². The molecule has 3 fully saturated rings. The molecule has 0 bridgehead atoms. The predicted octanol–water partition coefficient (Wildman–Crippen LogP) is 3.42. The second kappa shape index (κ2) is 5.73. The topological polar surface area (TPSA) is 15.3 Å². The highest BCUT2D eigenvalue weighted by Gasteiger charge is 2.41. The Kier molecular flexibility index (Phi) is 4.19. The number of rotatable bonds is 4. The summed E-state index contributed by atoms with van der Waals surface area (Å²) in [5, 5.41) is 3.64. The van der Waals surface area contributed by atoms with E-state index < -0.39 is 0 Å². The summed E-state index contributed by atoms with van der Waals surface area (Å²) < 4.78 is 0. The highest BCUT2D eigenvalue weighted by Crippen LogP contribution is 2.47. The van der Waals surface area contributed by atoms with Gasteiger partial charge in [0.2, 0.25) is 0 Å². The van der Waals surface area contributed by atoms with Crippen molar-refractivity contribution in [2.45, 2.75) is 77.3 Å². The van der Waals surface area contributed by atoms with Gasteiger partial charge < -0.3 is 10.2 Å². The SMILES string of the molecule is CC(C)NCC1CCC1N1CCC2(CCCC2)CC1. The monoisotopic (exact) mass is 264 g/mol. The fourth-order valence-electron chi connectivity index (χ4n) is 4.61. The third-order valence-electron chi connectivity index (χ3n) is 6.16. The van der Waals surface area contributed by atoms with Crippen molar-refractivity contribution in [3.63, 3.8) is 0 Å². The highest BCUT2D eigenvalue weighted by molar-refractivity contribution is 4.96. The zero-order valence-electron chi connectivity index (χ0n) is 13.0. The first kappa shape index (κ1) is 13.9. The van der Waals surface area contributed by atoms with Crippen molar-refractivity contribution >= 4 is 0 Å². The van der Waals surface area contributed by atoms with Crippen LogP contribution in [-0.4, -0.2) is 36.6 Å². The lowest BCUT2D eigenvalue weighted by atomic mass is 9.73. The van der Waals surface area contributed by atoms with Crippen molar-refractivity contribution in [1.29, 1.82) is 0 Å². The highest BCUT2D eigenvalue weighted by atomic mass is 15.2. The van der Waals surface area contributed by atoms with Crippen molar-refractivity contribution < 1.29 is 0 Å². The van der Waals surface area contributed by atoms with E-state index in [1.165, 1.54) is 71.0 Å². The predicted molar refractivity (Wildman–Crippen MR) is 81.4 cm³/mol. The van der Waals surface area contributed by atoms with E-state index in [-0.39, 0.29) is 0 Å². The molecule has 1 aliphatic heterocycles. The fourth-order valence-corrected chi connectivity index (χ4v) is 4.61. The molecule has 2 atom stereocenters. The first-order valence-electron chi connectivity index (χ1n) is 8.66. The molecule has 2 nitrogen and oxygen atoms in total. The molecule has 2 unspecified atom stereocenters. The molecule has 1 spiro atoms. The molecular weight excluding hydrogens is 232 g/mol. The molecule has 1 N–H and O–H groups in total. The van der Waals surface area contributed by atoms with Crippen molar-refractivity contribution in [2.24, 2.45) is 11.3 Å². The number of likely N-dealkylation sites (tertiary alicyclic amines) is 1. The average Bonchev–Trinajstić information content (AvgIpc) is 2.79. The summed E-state index contributed by atoms with van der Waals surface area (Å²) in [6.07, 6.45) is 12.0. The van der Waals surface area contributed by atoms with Crippen molar-refractivity contribution in [1.82, 2.24) is 10.2 Å². The molecule has 0 aromatic carbocycles. The maximum atomic E-state index is 3.64. The molecule has 0 radical (unpaired) electrons. The van der Waals surface area contributed by atoms with Gasteiger partial charge in [0.25, 0.3) is 0 Å². The lowest BCUT2D eigenvalue weighted by molar-refractivity contribution is 0.00918. The lowest BCUT2D eigenvalue weighted by Crippen LogP contribution is -2.54. The number of nitrogens with one attached hydrogen (secondary N) is 1. The van der Waals surface area contributed by atoms with Gasteiger partial charge in [0, 0.05) is 12.1 Å². The van der Waals surface area contributed by atoms with Gasteiger partial charge in [0.15, 0.2) is 0 Å². The summed E-state index contributed by atoms with van der Waals surface area (Å²) in [7, 11) is 0. The van der Waals surface area contributed by atoms with E-state index in [0.717, 1.165) is 17.4 Å². The normalized spacial score (nSPS) is 34.9. The summed E-state index contributed by atoms with van der Waals surface area (Å²) in [6, 6.07) is 1.55. The Hall–Kier alpha value is -0.0800. The van der Waals surface area contributed by atoms with Crippen LogP contribution < -0.4 is 5.32 Å². The molecule has 3 aliphatic rings. The molecule has 0 aromatic rings. The Labute approximate surface area is 119 Å². The molecule has 2 heteroatoms. The van der Waals surface area contributed by atoms with Crippen molar-refractivity contribution in [2.75, 3.05) is 19.6 Å². The Bertz CT molecular complexity index is 284. The van der Waals surface area contributed by atoms with Gasteiger partial charge in [-0.2, -0.15) is 0 Å². The van der Waals surface area contributed by atoms with Crippen LogP contribution in [0.15, 0.2) is 0 Å². The zero-order valence-corrected chi connectivity index (χ0v) is 13.0. The second-order valence-electron chi connectivity index (χ2n) is 7.71. The van der Waals surface area contributed by atoms with Crippen LogP contribution in [0.3, 0.4) is 0 Å². The van der Waals surface area contributed by atoms with Gasteiger partial charge in [0.1, 0.15) is 0 Å². The van der Waals surface area contributed by atoms with E-state index in [2.05, 4.69) is 24.1 Å². The van der Waals surface area contributed by atoms with Crippen LogP contribution in [0, 0.1) is 11.3 Å². The Morgan fingerprint density at radius 2 is 1.74 bits per heavy atom. The number of hydrogen-bond acceptors (Lipinski definition) is 2. The first-order valence-corrected chi connectivity index (χ1v) is 8.66. The molecule has 0 amide bonds. The number of nitrogens with zero attached hydrogens (tertiary/aromatic N) is 1. The maximum absolute atomic E-state index is 3.64. The molecular formula is C17H32N2. The van der Waals surface area contributed by atoms with Gasteiger partial charge in [0.05, 0.1) is 0 Å². The zero-order chi connectivity index (χ0) is 13.3. The van der Waals surface area contributed by atoms with Gasteiger partial charge in [-0.3, -0.25) is 0 Å². The number of piperidine rings is 1. The van der Waals surface area contributed by atoms with Crippen LogP contribution in [0.4, 0.5) is 0 Å². The van der Waals surface area contributed by atoms with Crippen molar-refractivity contribution in [3.8, 4) is 0 Å². The minimum Gasteiger partial charge on any atom is -0.314 e. The van der Waals surface area contributed by atoms with Crippen LogP contribution in [0.25, 0.3) is 0 Å². The van der Waals surface area contributed by atoms with Crippen LogP contribution >= 0.6 is 0 Å². The average molecular weight is 264 g/mol. The molecule has 1 saturated heterocycles. The van der Waals surface area contributed by atoms with E-state index >= 15 is 0 Å². The maximum Gasteiger partial charge on any atom is 0.0136 e. The summed E-state index contributed by atoms with van der Waals surface area (Å²) in [4.78, 5) is 2.83. The Morgan fingerprint density at radius 3 is 2.26 bits per heavy atom. The van der Waals surface area contributed by atoms with E-state index in [9.17, 15) is 0 Å². The van der Waals surface area contributed by atoms with Gasteiger partial charge in [-0.05, 0) is 69.5 Å². The van der Waals surface area contributed by atoms with Crippen molar-refractivity contribution in [3.05, 3.63) is 0 Å². The van der Waals surface area contributed by atoms with Gasteiger partial charge in [-0.25, -0.2) is 0 Å². The molecule has 110 valence electrons. The van der Waals surface area contributed by atoms with Crippen LogP contribution in [0.5, 0.6) is 0 Å². The summed E-state index contributed by atoms with van der Waals surface area (Å²) >= 11 is 0. The summed E-state index contributed by atoms with van der Waals surface area (Å²) in [5.74, 6) is 0.931. The summed E-state index contributed by atoms with van der Waals surface area (Å²) in [6.45, 7) is 8.55.